The minimum atomic E-state index is -4.61. The van der Waals surface area contributed by atoms with Gasteiger partial charge in [0.25, 0.3) is 5.56 Å². The fourth-order valence-electron chi connectivity index (χ4n) is 2.76. The molecule has 0 aromatic carbocycles. The van der Waals surface area contributed by atoms with E-state index in [1.54, 1.807) is 12.4 Å². The average molecular weight is 427 g/mol. The molecule has 0 bridgehead atoms. The highest BCUT2D eigenvalue weighted by atomic mass is 35.5. The van der Waals surface area contributed by atoms with Gasteiger partial charge in [0.15, 0.2) is 10.7 Å². The van der Waals surface area contributed by atoms with Gasteiger partial charge in [0.2, 0.25) is 0 Å². The number of aryl methyl sites for hydroxylation is 1. The van der Waals surface area contributed by atoms with Crippen LogP contribution in [0, 0.1) is 6.92 Å². The fraction of sp³-hybridized carbons (Fsp3) is 0.188. The number of aromatic nitrogens is 6. The van der Waals surface area contributed by atoms with Crippen molar-refractivity contribution in [1.82, 2.24) is 29.1 Å². The third-order valence-electron chi connectivity index (χ3n) is 3.91. The maximum absolute atomic E-state index is 12.8. The summed E-state index contributed by atoms with van der Waals surface area (Å²) < 4.78 is 40.7. The zero-order chi connectivity index (χ0) is 20.1. The van der Waals surface area contributed by atoms with Crippen molar-refractivity contribution >= 4 is 27.9 Å². The van der Waals surface area contributed by atoms with Crippen molar-refractivity contribution < 1.29 is 13.2 Å². The van der Waals surface area contributed by atoms with Crippen molar-refractivity contribution in [2.24, 2.45) is 0 Å². The number of hydrogen-bond donors (Lipinski definition) is 0. The third kappa shape index (κ3) is 3.27. The Labute approximate surface area is 164 Å². The predicted octanol–water partition coefficient (Wildman–Crippen LogP) is 3.44. The molecule has 0 saturated heterocycles. The zero-order valence-electron chi connectivity index (χ0n) is 14.1. The summed E-state index contributed by atoms with van der Waals surface area (Å²) in [5.74, 6) is 0. The molecule has 4 rings (SSSR count). The van der Waals surface area contributed by atoms with Gasteiger partial charge in [0.05, 0.1) is 17.9 Å². The van der Waals surface area contributed by atoms with E-state index in [9.17, 15) is 18.0 Å². The van der Waals surface area contributed by atoms with Crippen molar-refractivity contribution in [2.75, 3.05) is 0 Å². The topological polar surface area (TPSA) is 78.0 Å². The summed E-state index contributed by atoms with van der Waals surface area (Å²) in [5.41, 5.74) is 0.0611. The summed E-state index contributed by atoms with van der Waals surface area (Å²) in [7, 11) is 0. The number of halogens is 4. The highest BCUT2D eigenvalue weighted by molar-refractivity contribution is 7.17. The van der Waals surface area contributed by atoms with Gasteiger partial charge in [-0.05, 0) is 6.92 Å². The molecule has 0 fully saturated rings. The lowest BCUT2D eigenvalue weighted by Gasteiger charge is -2.05. The first-order chi connectivity index (χ1) is 13.2. The van der Waals surface area contributed by atoms with Gasteiger partial charge >= 0.3 is 6.18 Å². The Kier molecular flexibility index (Phi) is 4.42. The molecule has 4 aromatic heterocycles. The second-order valence-corrected chi connectivity index (χ2v) is 7.41. The molecule has 0 N–H and O–H groups in total. The molecule has 0 aliphatic heterocycles. The first-order valence-electron chi connectivity index (χ1n) is 7.82. The first-order valence-corrected chi connectivity index (χ1v) is 9.01. The Morgan fingerprint density at radius 1 is 1.21 bits per heavy atom. The molecule has 0 unspecified atom stereocenters. The van der Waals surface area contributed by atoms with E-state index in [1.165, 1.54) is 28.1 Å². The first kappa shape index (κ1) is 18.6. The van der Waals surface area contributed by atoms with Gasteiger partial charge in [-0.25, -0.2) is 19.6 Å². The Morgan fingerprint density at radius 3 is 2.57 bits per heavy atom. The normalized spacial score (nSPS) is 12.0. The number of nitrogens with zero attached hydrogens (tertiary/aromatic N) is 6. The minimum absolute atomic E-state index is 0.165. The van der Waals surface area contributed by atoms with Crippen LogP contribution in [0.4, 0.5) is 13.2 Å². The Morgan fingerprint density at radius 2 is 1.93 bits per heavy atom. The molecule has 0 spiro atoms. The van der Waals surface area contributed by atoms with Crippen molar-refractivity contribution in [1.29, 1.82) is 0 Å². The molecule has 0 radical (unpaired) electrons. The quantitative estimate of drug-likeness (QED) is 0.501. The maximum atomic E-state index is 12.8. The molecular weight excluding hydrogens is 417 g/mol. The average Bonchev–Trinajstić information content (AvgIpc) is 3.15. The third-order valence-corrected chi connectivity index (χ3v) is 5.17. The van der Waals surface area contributed by atoms with E-state index in [-0.39, 0.29) is 23.0 Å². The lowest BCUT2D eigenvalue weighted by atomic mass is 10.2. The SMILES string of the molecule is Cc1sc2nc(Cn3nc(C(F)(F)F)cc3Cl)cc(=O)n2c1-c1cncnc1. The largest absolute Gasteiger partial charge is 0.435 e. The van der Waals surface area contributed by atoms with E-state index in [4.69, 9.17) is 11.6 Å². The summed E-state index contributed by atoms with van der Waals surface area (Å²) in [4.78, 5) is 26.2. The zero-order valence-corrected chi connectivity index (χ0v) is 15.7. The van der Waals surface area contributed by atoms with Gasteiger partial charge in [-0.15, -0.1) is 11.3 Å². The van der Waals surface area contributed by atoms with Crippen LogP contribution < -0.4 is 5.56 Å². The smallest absolute Gasteiger partial charge is 0.269 e. The second-order valence-electron chi connectivity index (χ2n) is 5.85. The van der Waals surface area contributed by atoms with E-state index in [2.05, 4.69) is 20.1 Å². The standard InChI is InChI=1S/C16H10ClF3N6OS/c1-8-14(9-4-21-7-22-5-9)26-13(27)2-10(23-15(26)28-8)6-25-12(17)3-11(24-25)16(18,19)20/h2-5,7H,6H2,1H3. The van der Waals surface area contributed by atoms with Gasteiger partial charge in [-0.2, -0.15) is 18.3 Å². The van der Waals surface area contributed by atoms with Gasteiger partial charge in [-0.1, -0.05) is 11.6 Å². The van der Waals surface area contributed by atoms with Crippen LogP contribution in [0.5, 0.6) is 0 Å². The van der Waals surface area contributed by atoms with Crippen LogP contribution in [0.1, 0.15) is 16.3 Å². The highest BCUT2D eigenvalue weighted by Gasteiger charge is 2.34. The maximum Gasteiger partial charge on any atom is 0.435 e. The second kappa shape index (κ2) is 6.67. The molecule has 0 aliphatic rings. The minimum Gasteiger partial charge on any atom is -0.269 e. The van der Waals surface area contributed by atoms with Crippen molar-refractivity contribution in [3.8, 4) is 11.3 Å². The van der Waals surface area contributed by atoms with E-state index in [0.29, 0.717) is 16.2 Å². The number of rotatable bonds is 3. The molecule has 7 nitrogen and oxygen atoms in total. The Bertz CT molecular complexity index is 1230. The summed E-state index contributed by atoms with van der Waals surface area (Å²) in [5, 5.41) is 3.26. The Hall–Kier alpha value is -2.79. The number of alkyl halides is 3. The van der Waals surface area contributed by atoms with Crippen molar-refractivity contribution in [3.05, 3.63) is 62.6 Å². The van der Waals surface area contributed by atoms with Gasteiger partial charge in [-0.3, -0.25) is 9.20 Å². The van der Waals surface area contributed by atoms with E-state index in [1.807, 2.05) is 6.92 Å². The number of hydrogen-bond acceptors (Lipinski definition) is 6. The number of thiazole rings is 1. The summed E-state index contributed by atoms with van der Waals surface area (Å²) in [6.07, 6.45) is -0.0487. The summed E-state index contributed by atoms with van der Waals surface area (Å²) >= 11 is 7.13. The molecule has 0 amide bonds. The molecule has 0 saturated carbocycles. The fourth-order valence-corrected chi connectivity index (χ4v) is 3.97. The number of fused-ring (bicyclic) bond motifs is 1. The van der Waals surface area contributed by atoms with E-state index in [0.717, 1.165) is 15.6 Å². The van der Waals surface area contributed by atoms with Crippen molar-refractivity contribution in [3.63, 3.8) is 0 Å². The molecule has 28 heavy (non-hydrogen) atoms. The monoisotopic (exact) mass is 426 g/mol. The van der Waals surface area contributed by atoms with E-state index < -0.39 is 11.9 Å². The Balaban J connectivity index is 1.78. The van der Waals surface area contributed by atoms with Crippen molar-refractivity contribution in [2.45, 2.75) is 19.6 Å². The van der Waals surface area contributed by atoms with Crippen LogP contribution in [0.3, 0.4) is 0 Å². The van der Waals surface area contributed by atoms with Crippen LogP contribution in [0.2, 0.25) is 5.15 Å². The van der Waals surface area contributed by atoms with Crippen LogP contribution >= 0.6 is 22.9 Å². The van der Waals surface area contributed by atoms with Gasteiger partial charge in [0.1, 0.15) is 11.5 Å². The van der Waals surface area contributed by atoms with Gasteiger partial charge in [0, 0.05) is 35.0 Å². The highest BCUT2D eigenvalue weighted by Crippen LogP contribution is 2.31. The lowest BCUT2D eigenvalue weighted by Crippen LogP contribution is -2.17. The molecular formula is C16H10ClF3N6OS. The lowest BCUT2D eigenvalue weighted by molar-refractivity contribution is -0.141. The molecule has 4 aromatic rings. The predicted molar refractivity (Wildman–Crippen MR) is 96.4 cm³/mol. The van der Waals surface area contributed by atoms with Gasteiger partial charge < -0.3 is 0 Å². The summed E-state index contributed by atoms with van der Waals surface area (Å²) in [6, 6.07) is 1.98. The van der Waals surface area contributed by atoms with Crippen LogP contribution in [0.15, 0.2) is 35.6 Å². The molecule has 0 atom stereocenters. The van der Waals surface area contributed by atoms with E-state index >= 15 is 0 Å². The molecule has 12 heteroatoms. The summed E-state index contributed by atoms with van der Waals surface area (Å²) in [6.45, 7) is 1.67. The van der Waals surface area contributed by atoms with Crippen LogP contribution in [-0.4, -0.2) is 29.1 Å². The molecule has 0 aliphatic carbocycles. The molecule has 4 heterocycles. The van der Waals surface area contributed by atoms with Crippen LogP contribution in [-0.2, 0) is 12.7 Å². The van der Waals surface area contributed by atoms with Crippen LogP contribution in [0.25, 0.3) is 16.2 Å². The molecule has 144 valence electrons.